The summed E-state index contributed by atoms with van der Waals surface area (Å²) >= 11 is 0. The van der Waals surface area contributed by atoms with Crippen LogP contribution in [0.5, 0.6) is 0 Å². The molecule has 0 aliphatic carbocycles. The highest BCUT2D eigenvalue weighted by Crippen LogP contribution is 2.23. The molecule has 0 aliphatic heterocycles. The normalized spacial score (nSPS) is 12.9. The average Bonchev–Trinajstić information content (AvgIpc) is 2.37. The van der Waals surface area contributed by atoms with Gasteiger partial charge < -0.3 is 5.11 Å². The van der Waals surface area contributed by atoms with Crippen molar-refractivity contribution in [2.75, 3.05) is 0 Å². The van der Waals surface area contributed by atoms with E-state index in [1.807, 2.05) is 56.3 Å². The molecule has 2 heteroatoms. The van der Waals surface area contributed by atoms with E-state index in [2.05, 4.69) is 0 Å². The summed E-state index contributed by atoms with van der Waals surface area (Å²) in [5.74, 6) is 0.0655. The fourth-order valence-electron chi connectivity index (χ4n) is 1.96. The maximum Gasteiger partial charge on any atom is 0.138 e. The van der Waals surface area contributed by atoms with Crippen LogP contribution < -0.4 is 0 Å². The molecule has 0 fully saturated rings. The Hall–Kier alpha value is -1.67. The van der Waals surface area contributed by atoms with Gasteiger partial charge in [0.25, 0.3) is 0 Å². The van der Waals surface area contributed by atoms with Crippen molar-refractivity contribution in [1.29, 1.82) is 0 Å². The second-order valence-electron chi connectivity index (χ2n) is 4.95. The third-order valence-corrected chi connectivity index (χ3v) is 3.20. The van der Waals surface area contributed by atoms with Gasteiger partial charge in [-0.15, -0.1) is 0 Å². The van der Waals surface area contributed by atoms with Crippen LogP contribution in [-0.2, 0) is 4.79 Å². The monoisotopic (exact) mass is 242 g/mol. The van der Waals surface area contributed by atoms with Crippen LogP contribution in [0, 0.1) is 5.92 Å². The molecule has 1 N–H and O–H groups in total. The zero-order chi connectivity index (χ0) is 13.1. The summed E-state index contributed by atoms with van der Waals surface area (Å²) in [6.45, 7) is 3.71. The molecule has 0 heterocycles. The predicted molar refractivity (Wildman–Crippen MR) is 73.4 cm³/mol. The lowest BCUT2D eigenvalue weighted by Gasteiger charge is -2.12. The van der Waals surface area contributed by atoms with Crippen LogP contribution in [0.3, 0.4) is 0 Å². The van der Waals surface area contributed by atoms with E-state index in [-0.39, 0.29) is 18.1 Å². The molecule has 0 spiro atoms. The van der Waals surface area contributed by atoms with Crippen LogP contribution in [0.4, 0.5) is 0 Å². The maximum atomic E-state index is 11.6. The molecule has 2 rings (SSSR count). The number of carbonyl (C=O) groups is 1. The van der Waals surface area contributed by atoms with Gasteiger partial charge >= 0.3 is 0 Å². The van der Waals surface area contributed by atoms with Crippen molar-refractivity contribution in [1.82, 2.24) is 0 Å². The number of aliphatic hydroxyl groups is 1. The lowest BCUT2D eigenvalue weighted by atomic mass is 9.97. The molecule has 18 heavy (non-hydrogen) atoms. The third kappa shape index (κ3) is 2.77. The second-order valence-corrected chi connectivity index (χ2v) is 4.95. The molecule has 0 saturated carbocycles. The second kappa shape index (κ2) is 5.32. The summed E-state index contributed by atoms with van der Waals surface area (Å²) in [6.07, 6.45) is -0.514. The SMILES string of the molecule is CC(C)C(=O)CC(O)c1ccc2ccccc2c1. The first-order valence-corrected chi connectivity index (χ1v) is 6.27. The van der Waals surface area contributed by atoms with E-state index < -0.39 is 6.10 Å². The van der Waals surface area contributed by atoms with Crippen molar-refractivity contribution in [2.45, 2.75) is 26.4 Å². The van der Waals surface area contributed by atoms with Gasteiger partial charge in [-0.05, 0) is 22.4 Å². The Balaban J connectivity index is 2.22. The fraction of sp³-hybridized carbons (Fsp3) is 0.312. The molecule has 0 radical (unpaired) electrons. The number of rotatable bonds is 4. The summed E-state index contributed by atoms with van der Waals surface area (Å²) in [5.41, 5.74) is 0.808. The van der Waals surface area contributed by atoms with Crippen molar-refractivity contribution >= 4 is 16.6 Å². The van der Waals surface area contributed by atoms with Crippen LogP contribution in [0.15, 0.2) is 42.5 Å². The summed E-state index contributed by atoms with van der Waals surface area (Å²) in [5, 5.41) is 12.3. The van der Waals surface area contributed by atoms with Gasteiger partial charge in [0.15, 0.2) is 0 Å². The standard InChI is InChI=1S/C16H18O2/c1-11(2)15(17)10-16(18)14-8-7-12-5-3-4-6-13(12)9-14/h3-9,11,16,18H,10H2,1-2H3. The Morgan fingerprint density at radius 3 is 2.44 bits per heavy atom. The number of carbonyl (C=O) groups excluding carboxylic acids is 1. The Labute approximate surface area is 107 Å². The minimum Gasteiger partial charge on any atom is -0.388 e. The molecular weight excluding hydrogens is 224 g/mol. The van der Waals surface area contributed by atoms with E-state index in [0.717, 1.165) is 16.3 Å². The number of aliphatic hydroxyl groups excluding tert-OH is 1. The Morgan fingerprint density at radius 1 is 1.11 bits per heavy atom. The summed E-state index contributed by atoms with van der Waals surface area (Å²) in [7, 11) is 0. The molecule has 0 saturated heterocycles. The highest BCUT2D eigenvalue weighted by atomic mass is 16.3. The van der Waals surface area contributed by atoms with Crippen molar-refractivity contribution in [3.05, 3.63) is 48.0 Å². The number of hydrogen-bond donors (Lipinski definition) is 1. The molecular formula is C16H18O2. The Morgan fingerprint density at radius 2 is 1.78 bits per heavy atom. The van der Waals surface area contributed by atoms with Gasteiger partial charge in [0.05, 0.1) is 6.10 Å². The number of hydrogen-bond acceptors (Lipinski definition) is 2. The Kier molecular flexibility index (Phi) is 3.78. The van der Waals surface area contributed by atoms with E-state index in [4.69, 9.17) is 0 Å². The number of ketones is 1. The van der Waals surface area contributed by atoms with E-state index in [1.165, 1.54) is 0 Å². The molecule has 0 aromatic heterocycles. The van der Waals surface area contributed by atoms with E-state index in [0.29, 0.717) is 0 Å². The van der Waals surface area contributed by atoms with Crippen molar-refractivity contribution in [2.24, 2.45) is 5.92 Å². The van der Waals surface area contributed by atoms with E-state index in [9.17, 15) is 9.90 Å². The van der Waals surface area contributed by atoms with Gasteiger partial charge in [-0.3, -0.25) is 4.79 Å². The molecule has 0 amide bonds. The number of benzene rings is 2. The van der Waals surface area contributed by atoms with Crippen molar-refractivity contribution in [3.63, 3.8) is 0 Å². The Bertz CT molecular complexity index is 558. The molecule has 2 aromatic rings. The van der Waals surface area contributed by atoms with Crippen LogP contribution in [0.25, 0.3) is 10.8 Å². The zero-order valence-corrected chi connectivity index (χ0v) is 10.8. The molecule has 0 bridgehead atoms. The molecule has 1 atom stereocenters. The fourth-order valence-corrected chi connectivity index (χ4v) is 1.96. The van der Waals surface area contributed by atoms with Gasteiger partial charge in [0, 0.05) is 12.3 Å². The predicted octanol–water partition coefficient (Wildman–Crippen LogP) is 3.49. The largest absolute Gasteiger partial charge is 0.388 e. The van der Waals surface area contributed by atoms with Gasteiger partial charge in [-0.1, -0.05) is 50.2 Å². The van der Waals surface area contributed by atoms with Crippen molar-refractivity contribution in [3.8, 4) is 0 Å². The number of Topliss-reactive ketones (excluding diaryl/α,β-unsaturated/α-hetero) is 1. The summed E-state index contributed by atoms with van der Waals surface area (Å²) < 4.78 is 0. The van der Waals surface area contributed by atoms with Gasteiger partial charge in [-0.25, -0.2) is 0 Å². The molecule has 2 aromatic carbocycles. The first-order valence-electron chi connectivity index (χ1n) is 6.27. The topological polar surface area (TPSA) is 37.3 Å². The molecule has 94 valence electrons. The minimum absolute atomic E-state index is 0.0277. The zero-order valence-electron chi connectivity index (χ0n) is 10.8. The third-order valence-electron chi connectivity index (χ3n) is 3.20. The highest BCUT2D eigenvalue weighted by Gasteiger charge is 2.15. The van der Waals surface area contributed by atoms with E-state index in [1.54, 1.807) is 0 Å². The quantitative estimate of drug-likeness (QED) is 0.891. The summed E-state index contributed by atoms with van der Waals surface area (Å²) in [4.78, 5) is 11.6. The van der Waals surface area contributed by atoms with Gasteiger partial charge in [-0.2, -0.15) is 0 Å². The molecule has 2 nitrogen and oxygen atoms in total. The smallest absolute Gasteiger partial charge is 0.138 e. The maximum absolute atomic E-state index is 11.6. The lowest BCUT2D eigenvalue weighted by Crippen LogP contribution is -2.12. The van der Waals surface area contributed by atoms with Crippen molar-refractivity contribution < 1.29 is 9.90 Å². The van der Waals surface area contributed by atoms with Gasteiger partial charge in [0.2, 0.25) is 0 Å². The minimum atomic E-state index is -0.704. The van der Waals surface area contributed by atoms with Crippen LogP contribution >= 0.6 is 0 Å². The average molecular weight is 242 g/mol. The van der Waals surface area contributed by atoms with E-state index >= 15 is 0 Å². The van der Waals surface area contributed by atoms with Gasteiger partial charge in [0.1, 0.15) is 5.78 Å². The van der Waals surface area contributed by atoms with Crippen LogP contribution in [0.2, 0.25) is 0 Å². The first kappa shape index (κ1) is 12.8. The first-order chi connectivity index (χ1) is 8.58. The molecule has 0 aliphatic rings. The summed E-state index contributed by atoms with van der Waals surface area (Å²) in [6, 6.07) is 13.8. The molecule has 1 unspecified atom stereocenters. The lowest BCUT2D eigenvalue weighted by molar-refractivity contribution is -0.123. The van der Waals surface area contributed by atoms with Crippen LogP contribution in [0.1, 0.15) is 31.9 Å². The highest BCUT2D eigenvalue weighted by molar-refractivity contribution is 5.84. The number of fused-ring (bicyclic) bond motifs is 1. The van der Waals surface area contributed by atoms with Crippen LogP contribution in [-0.4, -0.2) is 10.9 Å².